The van der Waals surface area contributed by atoms with Crippen LogP contribution in [0.3, 0.4) is 0 Å². The summed E-state index contributed by atoms with van der Waals surface area (Å²) in [4.78, 5) is 10.6. The summed E-state index contributed by atoms with van der Waals surface area (Å²) in [6.07, 6.45) is 0.380. The first kappa shape index (κ1) is 8.78. The summed E-state index contributed by atoms with van der Waals surface area (Å²) in [5, 5.41) is 2.51. The fourth-order valence-electron chi connectivity index (χ4n) is 0.436. The molecule has 3 nitrogen and oxygen atoms in total. The molecule has 1 atom stereocenters. The highest BCUT2D eigenvalue weighted by atomic mass is 32.1. The molecule has 1 amide bonds. The lowest BCUT2D eigenvalue weighted by atomic mass is 10.4. The first-order valence-electron chi connectivity index (χ1n) is 2.84. The lowest BCUT2D eigenvalue weighted by molar-refractivity contribution is -0.120. The molecule has 0 radical (unpaired) electrons. The predicted molar refractivity (Wildman–Crippen MR) is 40.3 cm³/mol. The van der Waals surface area contributed by atoms with Gasteiger partial charge in [-0.15, -0.1) is 0 Å². The molecule has 9 heavy (non-hydrogen) atoms. The Labute approximate surface area is 60.4 Å². The molecule has 54 valence electrons. The molecule has 0 heterocycles. The standard InChI is InChI=1S/C5H12N2OS/c1-4(9)7-5(8)2-3-6/h4,9H,2-3,6H2,1H3,(H,7,8). The monoisotopic (exact) mass is 148 g/mol. The molecule has 0 saturated heterocycles. The van der Waals surface area contributed by atoms with Crippen LogP contribution in [-0.4, -0.2) is 17.8 Å². The van der Waals surface area contributed by atoms with E-state index in [-0.39, 0.29) is 11.3 Å². The second-order valence-electron chi connectivity index (χ2n) is 1.78. The Morgan fingerprint density at radius 2 is 2.44 bits per heavy atom. The molecule has 0 bridgehead atoms. The van der Waals surface area contributed by atoms with E-state index in [0.29, 0.717) is 13.0 Å². The summed E-state index contributed by atoms with van der Waals surface area (Å²) in [5.41, 5.74) is 5.12. The number of nitrogens with one attached hydrogen (secondary N) is 1. The highest BCUT2D eigenvalue weighted by Crippen LogP contribution is 1.86. The van der Waals surface area contributed by atoms with Crippen LogP contribution in [0.15, 0.2) is 0 Å². The van der Waals surface area contributed by atoms with Crippen molar-refractivity contribution in [3.63, 3.8) is 0 Å². The summed E-state index contributed by atoms with van der Waals surface area (Å²) in [7, 11) is 0. The third-order valence-corrected chi connectivity index (χ3v) is 0.870. The van der Waals surface area contributed by atoms with Crippen LogP contribution in [0, 0.1) is 0 Å². The zero-order valence-electron chi connectivity index (χ0n) is 5.42. The van der Waals surface area contributed by atoms with Gasteiger partial charge >= 0.3 is 0 Å². The van der Waals surface area contributed by atoms with Crippen LogP contribution in [-0.2, 0) is 4.79 Å². The van der Waals surface area contributed by atoms with E-state index < -0.39 is 0 Å². The molecule has 0 spiro atoms. The van der Waals surface area contributed by atoms with E-state index >= 15 is 0 Å². The Kier molecular flexibility index (Phi) is 4.53. The number of hydrogen-bond donors (Lipinski definition) is 3. The quantitative estimate of drug-likeness (QED) is 0.381. The number of nitrogens with two attached hydrogens (primary N) is 1. The Morgan fingerprint density at radius 1 is 1.89 bits per heavy atom. The van der Waals surface area contributed by atoms with Gasteiger partial charge in [-0.3, -0.25) is 4.79 Å². The zero-order valence-corrected chi connectivity index (χ0v) is 6.32. The first-order valence-corrected chi connectivity index (χ1v) is 3.36. The van der Waals surface area contributed by atoms with Gasteiger partial charge in [0.05, 0.1) is 5.37 Å². The lowest BCUT2D eigenvalue weighted by Gasteiger charge is -2.05. The van der Waals surface area contributed by atoms with Gasteiger partial charge in [-0.25, -0.2) is 0 Å². The van der Waals surface area contributed by atoms with Crippen LogP contribution in [0.2, 0.25) is 0 Å². The van der Waals surface area contributed by atoms with E-state index in [9.17, 15) is 4.79 Å². The van der Waals surface area contributed by atoms with Crippen molar-refractivity contribution in [2.45, 2.75) is 18.7 Å². The van der Waals surface area contributed by atoms with Crippen molar-refractivity contribution in [1.29, 1.82) is 0 Å². The van der Waals surface area contributed by atoms with Gasteiger partial charge in [-0.1, -0.05) is 0 Å². The Bertz CT molecular complexity index is 95.0. The maximum atomic E-state index is 10.6. The van der Waals surface area contributed by atoms with E-state index in [1.165, 1.54) is 0 Å². The maximum Gasteiger partial charge on any atom is 0.222 e. The second-order valence-corrected chi connectivity index (χ2v) is 2.56. The minimum atomic E-state index is -0.0796. The molecule has 0 rings (SSSR count). The lowest BCUT2D eigenvalue weighted by Crippen LogP contribution is -2.30. The van der Waals surface area contributed by atoms with Gasteiger partial charge in [-0.2, -0.15) is 12.6 Å². The molecule has 1 unspecified atom stereocenters. The van der Waals surface area contributed by atoms with E-state index in [4.69, 9.17) is 5.73 Å². The minimum absolute atomic E-state index is 0.0417. The van der Waals surface area contributed by atoms with Gasteiger partial charge in [0.25, 0.3) is 0 Å². The number of carbonyl (C=O) groups excluding carboxylic acids is 1. The van der Waals surface area contributed by atoms with E-state index in [1.807, 2.05) is 0 Å². The number of thiol groups is 1. The fourth-order valence-corrected chi connectivity index (χ4v) is 0.580. The normalized spacial score (nSPS) is 12.8. The second kappa shape index (κ2) is 4.64. The third kappa shape index (κ3) is 5.65. The molecule has 0 aliphatic rings. The SMILES string of the molecule is CC(S)NC(=O)CCN. The van der Waals surface area contributed by atoms with Crippen molar-refractivity contribution in [2.24, 2.45) is 5.73 Å². The minimum Gasteiger partial charge on any atom is -0.345 e. The smallest absolute Gasteiger partial charge is 0.222 e. The molecule has 0 aliphatic heterocycles. The van der Waals surface area contributed by atoms with Crippen molar-refractivity contribution in [1.82, 2.24) is 5.32 Å². The number of amides is 1. The van der Waals surface area contributed by atoms with Gasteiger partial charge in [0.15, 0.2) is 0 Å². The Balaban J connectivity index is 3.27. The Morgan fingerprint density at radius 3 is 2.78 bits per heavy atom. The van der Waals surface area contributed by atoms with Gasteiger partial charge in [0.2, 0.25) is 5.91 Å². The first-order chi connectivity index (χ1) is 4.16. The Hall–Kier alpha value is -0.220. The largest absolute Gasteiger partial charge is 0.345 e. The molecule has 0 aliphatic carbocycles. The summed E-state index contributed by atoms with van der Waals surface area (Å²) >= 11 is 3.96. The van der Waals surface area contributed by atoms with Crippen LogP contribution in [0.4, 0.5) is 0 Å². The van der Waals surface area contributed by atoms with Gasteiger partial charge in [0, 0.05) is 13.0 Å². The molecular weight excluding hydrogens is 136 g/mol. The fraction of sp³-hybridized carbons (Fsp3) is 0.800. The number of carbonyl (C=O) groups is 1. The molecule has 4 heteroatoms. The van der Waals surface area contributed by atoms with Crippen molar-refractivity contribution < 1.29 is 4.79 Å². The van der Waals surface area contributed by atoms with Crippen LogP contribution >= 0.6 is 12.6 Å². The van der Waals surface area contributed by atoms with Crippen molar-refractivity contribution in [2.75, 3.05) is 6.54 Å². The van der Waals surface area contributed by atoms with E-state index in [0.717, 1.165) is 0 Å². The van der Waals surface area contributed by atoms with Crippen LogP contribution in [0.5, 0.6) is 0 Å². The predicted octanol–water partition coefficient (Wildman–Crippen LogP) is -0.273. The molecule has 0 aromatic heterocycles. The zero-order chi connectivity index (χ0) is 7.28. The van der Waals surface area contributed by atoms with E-state index in [1.54, 1.807) is 6.92 Å². The molecular formula is C5H12N2OS. The summed E-state index contributed by atoms with van der Waals surface area (Å²) < 4.78 is 0. The average molecular weight is 148 g/mol. The topological polar surface area (TPSA) is 55.1 Å². The maximum absolute atomic E-state index is 10.6. The van der Waals surface area contributed by atoms with Crippen LogP contribution in [0.25, 0.3) is 0 Å². The molecule has 0 aromatic rings. The van der Waals surface area contributed by atoms with Crippen molar-refractivity contribution >= 4 is 18.5 Å². The number of rotatable bonds is 3. The summed E-state index contributed by atoms with van der Waals surface area (Å²) in [6.45, 7) is 2.18. The van der Waals surface area contributed by atoms with Gasteiger partial charge < -0.3 is 11.1 Å². The molecule has 0 saturated carbocycles. The van der Waals surface area contributed by atoms with Gasteiger partial charge in [0.1, 0.15) is 0 Å². The molecule has 0 fully saturated rings. The highest BCUT2D eigenvalue weighted by molar-refractivity contribution is 7.80. The van der Waals surface area contributed by atoms with Gasteiger partial charge in [-0.05, 0) is 6.92 Å². The molecule has 0 aromatic carbocycles. The van der Waals surface area contributed by atoms with Crippen molar-refractivity contribution in [3.8, 4) is 0 Å². The highest BCUT2D eigenvalue weighted by Gasteiger charge is 1.99. The van der Waals surface area contributed by atoms with E-state index in [2.05, 4.69) is 17.9 Å². The number of hydrogen-bond acceptors (Lipinski definition) is 3. The summed E-state index contributed by atoms with van der Waals surface area (Å²) in [5.74, 6) is -0.0417. The molecule has 3 N–H and O–H groups in total. The third-order valence-electron chi connectivity index (χ3n) is 0.741. The van der Waals surface area contributed by atoms with Crippen molar-refractivity contribution in [3.05, 3.63) is 0 Å². The van der Waals surface area contributed by atoms with Crippen LogP contribution in [0.1, 0.15) is 13.3 Å². The van der Waals surface area contributed by atoms with Crippen LogP contribution < -0.4 is 11.1 Å². The average Bonchev–Trinajstić information content (AvgIpc) is 1.63. The summed E-state index contributed by atoms with van der Waals surface area (Å²) in [6, 6.07) is 0.